The number of fused-ring (bicyclic) bond motifs is 1. The number of tetrazole rings is 1. The van der Waals surface area contributed by atoms with Crippen molar-refractivity contribution in [2.45, 2.75) is 58.0 Å². The SMILES string of the molecule is Cc1cc(C)c2[nH]c(=O)c(C(c3nnnn3C3CCCCC3)N3CCOCC3)cc2c1. The van der Waals surface area contributed by atoms with Gasteiger partial charge in [-0.05, 0) is 60.2 Å². The summed E-state index contributed by atoms with van der Waals surface area (Å²) in [5, 5.41) is 13.9. The van der Waals surface area contributed by atoms with E-state index in [1.54, 1.807) is 0 Å². The summed E-state index contributed by atoms with van der Waals surface area (Å²) in [6.45, 7) is 6.89. The highest BCUT2D eigenvalue weighted by Gasteiger charge is 2.33. The fourth-order valence-corrected chi connectivity index (χ4v) is 5.21. The highest BCUT2D eigenvalue weighted by atomic mass is 16.5. The Kier molecular flexibility index (Phi) is 5.58. The molecule has 0 bridgehead atoms. The van der Waals surface area contributed by atoms with E-state index in [9.17, 15) is 4.79 Å². The second kappa shape index (κ2) is 8.51. The summed E-state index contributed by atoms with van der Waals surface area (Å²) < 4.78 is 7.59. The number of morpholine rings is 1. The number of rotatable bonds is 4. The molecule has 1 aliphatic heterocycles. The lowest BCUT2D eigenvalue weighted by atomic mass is 9.95. The number of nitrogens with one attached hydrogen (secondary N) is 1. The molecule has 1 saturated heterocycles. The predicted molar refractivity (Wildman–Crippen MR) is 118 cm³/mol. The lowest BCUT2D eigenvalue weighted by Gasteiger charge is -2.34. The van der Waals surface area contributed by atoms with Crippen molar-refractivity contribution in [1.29, 1.82) is 0 Å². The highest BCUT2D eigenvalue weighted by Crippen LogP contribution is 2.33. The zero-order valence-electron chi connectivity index (χ0n) is 18.3. The second-order valence-corrected chi connectivity index (χ2v) is 8.92. The van der Waals surface area contributed by atoms with Crippen molar-refractivity contribution in [3.63, 3.8) is 0 Å². The minimum absolute atomic E-state index is 0.0749. The van der Waals surface area contributed by atoms with Crippen molar-refractivity contribution >= 4 is 10.9 Å². The number of hydrogen-bond acceptors (Lipinski definition) is 6. The molecule has 5 rings (SSSR count). The van der Waals surface area contributed by atoms with Crippen LogP contribution in [0.15, 0.2) is 23.0 Å². The minimum Gasteiger partial charge on any atom is -0.379 e. The van der Waals surface area contributed by atoms with Gasteiger partial charge in [-0.3, -0.25) is 9.69 Å². The summed E-state index contributed by atoms with van der Waals surface area (Å²) in [7, 11) is 0. The Balaban J connectivity index is 1.65. The van der Waals surface area contributed by atoms with E-state index >= 15 is 0 Å². The van der Waals surface area contributed by atoms with E-state index in [0.29, 0.717) is 24.8 Å². The molecule has 0 spiro atoms. The quantitative estimate of drug-likeness (QED) is 0.695. The Morgan fingerprint density at radius 3 is 2.65 bits per heavy atom. The van der Waals surface area contributed by atoms with Crippen LogP contribution >= 0.6 is 0 Å². The van der Waals surface area contributed by atoms with E-state index in [-0.39, 0.29) is 11.6 Å². The lowest BCUT2D eigenvalue weighted by Crippen LogP contribution is -2.42. The molecule has 1 atom stereocenters. The molecule has 1 saturated carbocycles. The van der Waals surface area contributed by atoms with Gasteiger partial charge >= 0.3 is 0 Å². The smallest absolute Gasteiger partial charge is 0.253 e. The second-order valence-electron chi connectivity index (χ2n) is 8.92. The Morgan fingerprint density at radius 2 is 1.87 bits per heavy atom. The maximum Gasteiger partial charge on any atom is 0.253 e. The van der Waals surface area contributed by atoms with Crippen molar-refractivity contribution < 1.29 is 4.74 Å². The molecule has 0 radical (unpaired) electrons. The molecule has 1 aromatic carbocycles. The average molecular weight is 423 g/mol. The van der Waals surface area contributed by atoms with Crippen LogP contribution in [0.25, 0.3) is 10.9 Å². The molecule has 1 unspecified atom stereocenters. The normalized spacial score (nSPS) is 19.7. The minimum atomic E-state index is -0.296. The Bertz CT molecular complexity index is 1120. The molecule has 1 aliphatic carbocycles. The van der Waals surface area contributed by atoms with Crippen LogP contribution < -0.4 is 5.56 Å². The third-order valence-electron chi connectivity index (χ3n) is 6.71. The topological polar surface area (TPSA) is 88.9 Å². The van der Waals surface area contributed by atoms with E-state index in [1.165, 1.54) is 24.8 Å². The number of aromatic nitrogens is 5. The molecule has 3 heterocycles. The molecule has 8 heteroatoms. The van der Waals surface area contributed by atoms with E-state index in [4.69, 9.17) is 4.74 Å². The van der Waals surface area contributed by atoms with Gasteiger partial charge in [-0.1, -0.05) is 30.9 Å². The molecule has 2 aliphatic rings. The Labute approximate surface area is 181 Å². The van der Waals surface area contributed by atoms with Crippen LogP contribution in [0.5, 0.6) is 0 Å². The van der Waals surface area contributed by atoms with Gasteiger partial charge < -0.3 is 9.72 Å². The fourth-order valence-electron chi connectivity index (χ4n) is 5.21. The van der Waals surface area contributed by atoms with Gasteiger partial charge in [-0.25, -0.2) is 4.68 Å². The Morgan fingerprint density at radius 1 is 1.10 bits per heavy atom. The van der Waals surface area contributed by atoms with Gasteiger partial charge in [0.15, 0.2) is 5.82 Å². The lowest BCUT2D eigenvalue weighted by molar-refractivity contribution is 0.0209. The highest BCUT2D eigenvalue weighted by molar-refractivity contribution is 5.83. The molecule has 31 heavy (non-hydrogen) atoms. The number of H-pyrrole nitrogens is 1. The number of aromatic amines is 1. The van der Waals surface area contributed by atoms with Crippen LogP contribution in [0, 0.1) is 13.8 Å². The zero-order chi connectivity index (χ0) is 21.4. The van der Waals surface area contributed by atoms with Gasteiger partial charge in [0.05, 0.1) is 24.8 Å². The molecule has 0 amide bonds. The van der Waals surface area contributed by atoms with Gasteiger partial charge in [-0.15, -0.1) is 5.10 Å². The first-order valence-corrected chi connectivity index (χ1v) is 11.4. The standard InChI is InChI=1S/C23H30N6O2/c1-15-12-16(2)20-17(13-15)14-19(23(30)24-20)21(28-8-10-31-11-9-28)22-25-26-27-29(22)18-6-4-3-5-7-18/h12-14,18,21H,3-11H2,1-2H3,(H,24,30). The van der Waals surface area contributed by atoms with Gasteiger partial charge in [0.1, 0.15) is 6.04 Å². The number of hydrogen-bond donors (Lipinski definition) is 1. The van der Waals surface area contributed by atoms with E-state index in [0.717, 1.165) is 48.2 Å². The molecule has 164 valence electrons. The van der Waals surface area contributed by atoms with E-state index in [1.807, 2.05) is 17.7 Å². The number of pyridine rings is 1. The van der Waals surface area contributed by atoms with E-state index < -0.39 is 0 Å². The summed E-state index contributed by atoms with van der Waals surface area (Å²) >= 11 is 0. The van der Waals surface area contributed by atoms with Crippen LogP contribution in [0.4, 0.5) is 0 Å². The fraction of sp³-hybridized carbons (Fsp3) is 0.565. The van der Waals surface area contributed by atoms with Gasteiger partial charge in [-0.2, -0.15) is 0 Å². The molecule has 1 N–H and O–H groups in total. The molecule has 2 fully saturated rings. The van der Waals surface area contributed by atoms with Crippen molar-refractivity contribution in [1.82, 2.24) is 30.1 Å². The first kappa shape index (κ1) is 20.3. The van der Waals surface area contributed by atoms with Crippen molar-refractivity contribution in [3.8, 4) is 0 Å². The summed E-state index contributed by atoms with van der Waals surface area (Å²) in [4.78, 5) is 18.8. The first-order valence-electron chi connectivity index (χ1n) is 11.4. The van der Waals surface area contributed by atoms with Gasteiger partial charge in [0.2, 0.25) is 0 Å². The maximum atomic E-state index is 13.3. The molecule has 3 aromatic rings. The first-order chi connectivity index (χ1) is 15.1. The molecular weight excluding hydrogens is 392 g/mol. The van der Waals surface area contributed by atoms with Gasteiger partial charge in [0, 0.05) is 18.7 Å². The van der Waals surface area contributed by atoms with Crippen molar-refractivity contribution in [3.05, 3.63) is 51.1 Å². The maximum absolute atomic E-state index is 13.3. The largest absolute Gasteiger partial charge is 0.379 e. The Hall–Kier alpha value is -2.58. The molecule has 2 aromatic heterocycles. The summed E-state index contributed by atoms with van der Waals surface area (Å²) in [6.07, 6.45) is 5.83. The number of ether oxygens (including phenoxy) is 1. The molecule has 8 nitrogen and oxygen atoms in total. The number of nitrogens with zero attached hydrogens (tertiary/aromatic N) is 5. The van der Waals surface area contributed by atoms with Crippen LogP contribution in [-0.4, -0.2) is 56.4 Å². The van der Waals surface area contributed by atoms with Crippen molar-refractivity contribution in [2.24, 2.45) is 0 Å². The van der Waals surface area contributed by atoms with Crippen LogP contribution in [0.2, 0.25) is 0 Å². The predicted octanol–water partition coefficient (Wildman–Crippen LogP) is 3.06. The molecular formula is C23H30N6O2. The zero-order valence-corrected chi connectivity index (χ0v) is 18.3. The summed E-state index contributed by atoms with van der Waals surface area (Å²) in [6, 6.07) is 6.26. The van der Waals surface area contributed by atoms with Crippen molar-refractivity contribution in [2.75, 3.05) is 26.3 Å². The number of aryl methyl sites for hydroxylation is 2. The van der Waals surface area contributed by atoms with Gasteiger partial charge in [0.25, 0.3) is 5.56 Å². The van der Waals surface area contributed by atoms with Crippen LogP contribution in [0.3, 0.4) is 0 Å². The third kappa shape index (κ3) is 3.90. The summed E-state index contributed by atoms with van der Waals surface area (Å²) in [5.41, 5.74) is 3.78. The third-order valence-corrected chi connectivity index (χ3v) is 6.71. The van der Waals surface area contributed by atoms with Crippen LogP contribution in [-0.2, 0) is 4.74 Å². The van der Waals surface area contributed by atoms with Crippen LogP contribution in [0.1, 0.15) is 66.7 Å². The summed E-state index contributed by atoms with van der Waals surface area (Å²) in [5.74, 6) is 0.767. The monoisotopic (exact) mass is 422 g/mol. The number of benzene rings is 1. The van der Waals surface area contributed by atoms with E-state index in [2.05, 4.69) is 44.5 Å². The average Bonchev–Trinajstić information content (AvgIpc) is 3.26.